The van der Waals surface area contributed by atoms with Crippen LogP contribution in [0.25, 0.3) is 5.65 Å². The number of nitrogens with zero attached hydrogens (tertiary/aromatic N) is 3. The number of fused-ring (bicyclic) bond motifs is 1. The van der Waals surface area contributed by atoms with Crippen molar-refractivity contribution >= 4 is 30.5 Å². The topological polar surface area (TPSA) is 56.5 Å². The van der Waals surface area contributed by atoms with Crippen LogP contribution in [0.2, 0.25) is 0 Å². The number of rotatable bonds is 3. The maximum atomic E-state index is 11.8. The molecule has 0 aliphatic heterocycles. The first-order valence-electron chi connectivity index (χ1n) is 5.32. The fourth-order valence-corrected chi connectivity index (χ4v) is 1.61. The molecule has 86 valence electrons. The van der Waals surface area contributed by atoms with Gasteiger partial charge in [0.1, 0.15) is 0 Å². The van der Waals surface area contributed by atoms with Crippen molar-refractivity contribution in [3.8, 4) is 0 Å². The zero-order valence-electron chi connectivity index (χ0n) is 9.80. The molecule has 5 nitrogen and oxygen atoms in total. The molecule has 2 aromatic rings. The van der Waals surface area contributed by atoms with Crippen molar-refractivity contribution in [1.29, 1.82) is 0 Å². The van der Waals surface area contributed by atoms with Crippen molar-refractivity contribution in [2.75, 3.05) is 6.61 Å². The maximum absolute atomic E-state index is 11.8. The molecular formula is C11H12BN3O2. The summed E-state index contributed by atoms with van der Waals surface area (Å²) in [7, 11) is 0. The van der Waals surface area contributed by atoms with Crippen LogP contribution in [-0.4, -0.2) is 40.6 Å². The van der Waals surface area contributed by atoms with Crippen LogP contribution < -0.4 is 5.46 Å². The SMILES string of the molecule is C=Bc1cnc2c(C(=O)OCC)c(C)nn2c1. The molecule has 0 aliphatic rings. The van der Waals surface area contributed by atoms with Gasteiger partial charge in [-0.2, -0.15) is 0 Å². The van der Waals surface area contributed by atoms with E-state index in [0.29, 0.717) is 23.5 Å². The van der Waals surface area contributed by atoms with Crippen LogP contribution in [0, 0.1) is 6.92 Å². The molecule has 0 unspecified atom stereocenters. The Morgan fingerprint density at radius 3 is 3.06 bits per heavy atom. The van der Waals surface area contributed by atoms with E-state index in [9.17, 15) is 4.79 Å². The first kappa shape index (κ1) is 11.5. The molecule has 0 radical (unpaired) electrons. The van der Waals surface area contributed by atoms with Gasteiger partial charge in [-0.05, 0) is 0 Å². The van der Waals surface area contributed by atoms with Crippen molar-refractivity contribution in [2.45, 2.75) is 13.8 Å². The molecule has 0 aromatic carbocycles. The van der Waals surface area contributed by atoms with Gasteiger partial charge in [-0.25, -0.2) is 0 Å². The average Bonchev–Trinajstić information content (AvgIpc) is 2.64. The summed E-state index contributed by atoms with van der Waals surface area (Å²) in [5, 5.41) is 4.23. The van der Waals surface area contributed by atoms with E-state index in [2.05, 4.69) is 16.6 Å². The molecule has 6 heteroatoms. The Balaban J connectivity index is 2.60. The molecule has 0 fully saturated rings. The van der Waals surface area contributed by atoms with E-state index >= 15 is 0 Å². The van der Waals surface area contributed by atoms with Crippen molar-refractivity contribution in [1.82, 2.24) is 14.6 Å². The summed E-state index contributed by atoms with van der Waals surface area (Å²) < 4.78 is 6.55. The van der Waals surface area contributed by atoms with Gasteiger partial charge >= 0.3 is 98.7 Å². The minimum absolute atomic E-state index is 0.334. The summed E-state index contributed by atoms with van der Waals surface area (Å²) in [6.07, 6.45) is 3.41. The van der Waals surface area contributed by atoms with Gasteiger partial charge in [0.2, 0.25) is 0 Å². The molecule has 0 N–H and O–H groups in total. The Labute approximate surface area is 99.3 Å². The molecule has 0 saturated carbocycles. The van der Waals surface area contributed by atoms with Gasteiger partial charge in [0.15, 0.2) is 0 Å². The fraction of sp³-hybridized carbons (Fsp3) is 0.273. The Hall–Kier alpha value is -1.98. The van der Waals surface area contributed by atoms with Gasteiger partial charge in [0.25, 0.3) is 0 Å². The number of carbonyl (C=O) groups excluding carboxylic acids is 1. The van der Waals surface area contributed by atoms with Crippen LogP contribution in [0.5, 0.6) is 0 Å². The molecular weight excluding hydrogens is 217 g/mol. The third-order valence-electron chi connectivity index (χ3n) is 2.38. The van der Waals surface area contributed by atoms with E-state index in [0.717, 1.165) is 5.46 Å². The van der Waals surface area contributed by atoms with Crippen molar-refractivity contribution in [3.63, 3.8) is 0 Å². The number of carbonyl (C=O) groups is 1. The van der Waals surface area contributed by atoms with E-state index in [4.69, 9.17) is 4.74 Å². The molecule has 2 heterocycles. The van der Waals surface area contributed by atoms with Crippen LogP contribution in [-0.2, 0) is 4.74 Å². The monoisotopic (exact) mass is 229 g/mol. The summed E-state index contributed by atoms with van der Waals surface area (Å²) in [6.45, 7) is 9.19. The average molecular weight is 229 g/mol. The number of hydrogen-bond donors (Lipinski definition) is 0. The van der Waals surface area contributed by atoms with Crippen molar-refractivity contribution in [3.05, 3.63) is 23.7 Å². The molecule has 0 amide bonds. The molecule has 0 spiro atoms. The van der Waals surface area contributed by atoms with Gasteiger partial charge in [-0.15, -0.1) is 0 Å². The molecule has 0 atom stereocenters. The summed E-state index contributed by atoms with van der Waals surface area (Å²) in [6, 6.07) is 0. The third kappa shape index (κ3) is 1.98. The van der Waals surface area contributed by atoms with Gasteiger partial charge < -0.3 is 0 Å². The van der Waals surface area contributed by atoms with Gasteiger partial charge in [0, 0.05) is 0 Å². The third-order valence-corrected chi connectivity index (χ3v) is 2.38. The number of ether oxygens (including phenoxy) is 1. The van der Waals surface area contributed by atoms with Crippen LogP contribution >= 0.6 is 0 Å². The van der Waals surface area contributed by atoms with Gasteiger partial charge in [-0.1, -0.05) is 0 Å². The Kier molecular flexibility index (Phi) is 3.04. The minimum atomic E-state index is -0.390. The van der Waals surface area contributed by atoms with Crippen LogP contribution in [0.1, 0.15) is 23.0 Å². The van der Waals surface area contributed by atoms with Gasteiger partial charge in [0.05, 0.1) is 0 Å². The van der Waals surface area contributed by atoms with E-state index in [1.165, 1.54) is 0 Å². The molecule has 2 aromatic heterocycles. The number of esters is 1. The molecule has 2 rings (SSSR count). The quantitative estimate of drug-likeness (QED) is 0.548. The second kappa shape index (κ2) is 4.49. The first-order chi connectivity index (χ1) is 8.17. The van der Waals surface area contributed by atoms with Crippen LogP contribution in [0.3, 0.4) is 0 Å². The normalized spacial score (nSPS) is 10.2. The van der Waals surface area contributed by atoms with E-state index < -0.39 is 0 Å². The van der Waals surface area contributed by atoms with E-state index in [1.54, 1.807) is 37.7 Å². The Bertz CT molecular complexity index is 592. The zero-order chi connectivity index (χ0) is 12.4. The molecule has 0 bridgehead atoms. The van der Waals surface area contributed by atoms with Crippen molar-refractivity contribution in [2.24, 2.45) is 0 Å². The predicted molar refractivity (Wildman–Crippen MR) is 66.2 cm³/mol. The second-order valence-corrected chi connectivity index (χ2v) is 3.54. The van der Waals surface area contributed by atoms with E-state index in [-0.39, 0.29) is 5.97 Å². The Morgan fingerprint density at radius 1 is 1.65 bits per heavy atom. The number of aryl methyl sites for hydroxylation is 1. The first-order valence-corrected chi connectivity index (χ1v) is 5.32. The molecule has 0 saturated heterocycles. The second-order valence-electron chi connectivity index (χ2n) is 3.54. The molecule has 0 aliphatic carbocycles. The van der Waals surface area contributed by atoms with E-state index in [1.807, 2.05) is 0 Å². The number of aromatic nitrogens is 3. The van der Waals surface area contributed by atoms with Crippen LogP contribution in [0.4, 0.5) is 0 Å². The molecule has 17 heavy (non-hydrogen) atoms. The summed E-state index contributed by atoms with van der Waals surface area (Å²) in [4.78, 5) is 16.0. The zero-order valence-corrected chi connectivity index (χ0v) is 9.80. The Morgan fingerprint density at radius 2 is 2.41 bits per heavy atom. The summed E-state index contributed by atoms with van der Waals surface area (Å²) in [5.41, 5.74) is 2.38. The predicted octanol–water partition coefficient (Wildman–Crippen LogP) is -0.0241. The summed E-state index contributed by atoms with van der Waals surface area (Å²) in [5.74, 6) is -0.390. The fourth-order valence-electron chi connectivity index (χ4n) is 1.61. The van der Waals surface area contributed by atoms with Gasteiger partial charge in [-0.3, -0.25) is 0 Å². The van der Waals surface area contributed by atoms with Crippen molar-refractivity contribution < 1.29 is 9.53 Å². The summed E-state index contributed by atoms with van der Waals surface area (Å²) >= 11 is 0. The number of hydrogen-bond acceptors (Lipinski definition) is 4. The standard InChI is InChI=1S/C11H12BN3O2/c1-4-17-11(16)9-7(2)14-15-6-8(12-3)5-13-10(9)15/h5-6H,3-4H2,1-2H3. The van der Waals surface area contributed by atoms with Crippen LogP contribution in [0.15, 0.2) is 12.4 Å².